The van der Waals surface area contributed by atoms with Gasteiger partial charge in [0.25, 0.3) is 5.91 Å². The zero-order chi connectivity index (χ0) is 21.4. The molecule has 1 aromatic heterocycles. The number of carbonyl (C=O) groups excluding carboxylic acids is 2. The highest BCUT2D eigenvalue weighted by Gasteiger charge is 2.27. The summed E-state index contributed by atoms with van der Waals surface area (Å²) in [6, 6.07) is 13.9. The van der Waals surface area contributed by atoms with Gasteiger partial charge in [0, 0.05) is 53.5 Å². The van der Waals surface area contributed by atoms with Crippen LogP contribution in [-0.2, 0) is 11.2 Å². The lowest BCUT2D eigenvalue weighted by atomic mass is 10.0. The molecule has 5 nitrogen and oxygen atoms in total. The highest BCUT2D eigenvalue weighted by atomic mass is 16.2. The standard InChI is InChI=1S/C25H29N3O2/c1-16(2)13-17(3)28(22-6-7-23-19(15-22)9-11-26-23)25(30)21-5-8-24-20(14-21)10-12-27(24)18(4)29/h5-9,11,14-17,26H,10,12-13H2,1-4H3. The van der Waals surface area contributed by atoms with Crippen LogP contribution < -0.4 is 9.80 Å². The number of nitrogens with one attached hydrogen (secondary N) is 1. The first kappa shape index (κ1) is 20.2. The van der Waals surface area contributed by atoms with Gasteiger partial charge in [0.15, 0.2) is 0 Å². The van der Waals surface area contributed by atoms with Crippen molar-refractivity contribution in [3.05, 3.63) is 59.8 Å². The number of amides is 2. The molecule has 0 bridgehead atoms. The van der Waals surface area contributed by atoms with E-state index in [2.05, 4.69) is 31.8 Å². The Kier molecular flexibility index (Phi) is 5.37. The monoisotopic (exact) mass is 403 g/mol. The van der Waals surface area contributed by atoms with Gasteiger partial charge in [0.05, 0.1) is 0 Å². The SMILES string of the molecule is CC(=O)N1CCc2cc(C(=O)N(c3ccc4[nH]ccc4c3)C(C)CC(C)C)ccc21. The van der Waals surface area contributed by atoms with E-state index in [9.17, 15) is 9.59 Å². The molecule has 3 aromatic rings. The average Bonchev–Trinajstić information content (AvgIpc) is 3.33. The Labute approximate surface area is 177 Å². The summed E-state index contributed by atoms with van der Waals surface area (Å²) in [5.41, 5.74) is 4.63. The number of carbonyl (C=O) groups is 2. The number of aromatic nitrogens is 1. The summed E-state index contributed by atoms with van der Waals surface area (Å²) in [7, 11) is 0. The van der Waals surface area contributed by atoms with Crippen molar-refractivity contribution in [2.45, 2.75) is 46.6 Å². The lowest BCUT2D eigenvalue weighted by Gasteiger charge is -2.31. The van der Waals surface area contributed by atoms with Gasteiger partial charge in [-0.1, -0.05) is 13.8 Å². The minimum absolute atomic E-state index is 0.00195. The molecule has 0 radical (unpaired) electrons. The van der Waals surface area contributed by atoms with Crippen molar-refractivity contribution in [2.24, 2.45) is 5.92 Å². The van der Waals surface area contributed by atoms with Gasteiger partial charge in [-0.25, -0.2) is 0 Å². The Hall–Kier alpha value is -3.08. The van der Waals surface area contributed by atoms with E-state index < -0.39 is 0 Å². The minimum atomic E-state index is 0.00195. The summed E-state index contributed by atoms with van der Waals surface area (Å²) in [4.78, 5) is 32.5. The van der Waals surface area contributed by atoms with Crippen molar-refractivity contribution >= 4 is 34.1 Å². The van der Waals surface area contributed by atoms with Crippen LogP contribution in [0.5, 0.6) is 0 Å². The fourth-order valence-corrected chi connectivity index (χ4v) is 4.55. The molecule has 1 N–H and O–H groups in total. The predicted octanol–water partition coefficient (Wildman–Crippen LogP) is 5.16. The van der Waals surface area contributed by atoms with Crippen LogP contribution in [0.1, 0.15) is 50.0 Å². The van der Waals surface area contributed by atoms with E-state index in [0.717, 1.165) is 40.7 Å². The molecule has 4 rings (SSSR count). The number of fused-ring (bicyclic) bond motifs is 2. The summed E-state index contributed by atoms with van der Waals surface area (Å²) >= 11 is 0. The van der Waals surface area contributed by atoms with Gasteiger partial charge in [-0.15, -0.1) is 0 Å². The van der Waals surface area contributed by atoms with Crippen LogP contribution in [-0.4, -0.2) is 29.4 Å². The summed E-state index contributed by atoms with van der Waals surface area (Å²) in [5.74, 6) is 0.525. The molecule has 1 unspecified atom stereocenters. The third-order valence-electron chi connectivity index (χ3n) is 5.89. The quantitative estimate of drug-likeness (QED) is 0.640. The summed E-state index contributed by atoms with van der Waals surface area (Å²) in [6.07, 6.45) is 3.62. The fourth-order valence-electron chi connectivity index (χ4n) is 4.55. The largest absolute Gasteiger partial charge is 0.361 e. The van der Waals surface area contributed by atoms with E-state index >= 15 is 0 Å². The van der Waals surface area contributed by atoms with Gasteiger partial charge >= 0.3 is 0 Å². The fraction of sp³-hybridized carbons (Fsp3) is 0.360. The summed E-state index contributed by atoms with van der Waals surface area (Å²) in [5, 5.41) is 1.09. The predicted molar refractivity (Wildman–Crippen MR) is 122 cm³/mol. The third-order valence-corrected chi connectivity index (χ3v) is 5.89. The number of aromatic amines is 1. The Bertz CT molecular complexity index is 1100. The van der Waals surface area contributed by atoms with E-state index in [1.54, 1.807) is 11.8 Å². The van der Waals surface area contributed by atoms with Gasteiger partial charge in [-0.05, 0) is 73.7 Å². The van der Waals surface area contributed by atoms with Crippen molar-refractivity contribution in [2.75, 3.05) is 16.3 Å². The van der Waals surface area contributed by atoms with Crippen LogP contribution in [0.25, 0.3) is 10.9 Å². The van der Waals surface area contributed by atoms with Crippen LogP contribution in [0.3, 0.4) is 0 Å². The van der Waals surface area contributed by atoms with Gasteiger partial charge in [-0.3, -0.25) is 9.59 Å². The molecule has 1 aliphatic heterocycles. The molecule has 156 valence electrons. The molecule has 30 heavy (non-hydrogen) atoms. The molecule has 1 atom stereocenters. The molecule has 0 fully saturated rings. The van der Waals surface area contributed by atoms with E-state index in [0.29, 0.717) is 18.0 Å². The second kappa shape index (κ2) is 7.98. The average molecular weight is 404 g/mol. The molecule has 2 aromatic carbocycles. The highest BCUT2D eigenvalue weighted by Crippen LogP contribution is 2.31. The molecular weight excluding hydrogens is 374 g/mol. The van der Waals surface area contributed by atoms with Crippen molar-refractivity contribution in [3.8, 4) is 0 Å². The molecule has 1 aliphatic rings. The number of rotatable bonds is 5. The van der Waals surface area contributed by atoms with Crippen LogP contribution in [0.15, 0.2) is 48.7 Å². The number of anilines is 2. The van der Waals surface area contributed by atoms with E-state index in [1.165, 1.54) is 0 Å². The molecule has 5 heteroatoms. The maximum absolute atomic E-state index is 13.7. The van der Waals surface area contributed by atoms with Crippen LogP contribution in [0, 0.1) is 5.92 Å². The Morgan fingerprint density at radius 3 is 2.63 bits per heavy atom. The molecule has 2 heterocycles. The lowest BCUT2D eigenvalue weighted by molar-refractivity contribution is -0.116. The van der Waals surface area contributed by atoms with E-state index in [1.807, 2.05) is 47.5 Å². The molecular formula is C25H29N3O2. The van der Waals surface area contributed by atoms with Crippen molar-refractivity contribution in [1.82, 2.24) is 4.98 Å². The first-order valence-corrected chi connectivity index (χ1v) is 10.7. The summed E-state index contributed by atoms with van der Waals surface area (Å²) in [6.45, 7) is 8.74. The second-order valence-electron chi connectivity index (χ2n) is 8.67. The van der Waals surface area contributed by atoms with Gasteiger partial charge in [-0.2, -0.15) is 0 Å². The minimum Gasteiger partial charge on any atom is -0.361 e. The summed E-state index contributed by atoms with van der Waals surface area (Å²) < 4.78 is 0. The molecule has 0 spiro atoms. The maximum Gasteiger partial charge on any atom is 0.258 e. The first-order chi connectivity index (χ1) is 14.3. The van der Waals surface area contributed by atoms with Gasteiger partial charge < -0.3 is 14.8 Å². The Morgan fingerprint density at radius 2 is 1.90 bits per heavy atom. The van der Waals surface area contributed by atoms with Crippen molar-refractivity contribution in [1.29, 1.82) is 0 Å². The first-order valence-electron chi connectivity index (χ1n) is 10.7. The zero-order valence-corrected chi connectivity index (χ0v) is 18.1. The zero-order valence-electron chi connectivity index (χ0n) is 18.1. The number of nitrogens with zero attached hydrogens (tertiary/aromatic N) is 2. The van der Waals surface area contributed by atoms with Gasteiger partial charge in [0.1, 0.15) is 0 Å². The van der Waals surface area contributed by atoms with Crippen LogP contribution >= 0.6 is 0 Å². The van der Waals surface area contributed by atoms with Gasteiger partial charge in [0.2, 0.25) is 5.91 Å². The molecule has 2 amide bonds. The smallest absolute Gasteiger partial charge is 0.258 e. The van der Waals surface area contributed by atoms with Crippen LogP contribution in [0.4, 0.5) is 11.4 Å². The highest BCUT2D eigenvalue weighted by molar-refractivity contribution is 6.08. The maximum atomic E-state index is 13.7. The molecule has 0 saturated carbocycles. The lowest BCUT2D eigenvalue weighted by Crippen LogP contribution is -2.39. The third kappa shape index (κ3) is 3.72. The van der Waals surface area contributed by atoms with Crippen molar-refractivity contribution in [3.63, 3.8) is 0 Å². The number of H-pyrrole nitrogens is 1. The molecule has 0 saturated heterocycles. The van der Waals surface area contributed by atoms with Crippen molar-refractivity contribution < 1.29 is 9.59 Å². The normalized spacial score (nSPS) is 14.2. The Balaban J connectivity index is 1.71. The molecule has 0 aliphatic carbocycles. The van der Waals surface area contributed by atoms with E-state index in [-0.39, 0.29) is 17.9 Å². The topological polar surface area (TPSA) is 56.4 Å². The number of benzene rings is 2. The van der Waals surface area contributed by atoms with Crippen LogP contribution in [0.2, 0.25) is 0 Å². The number of hydrogen-bond donors (Lipinski definition) is 1. The second-order valence-corrected chi connectivity index (χ2v) is 8.67. The Morgan fingerprint density at radius 1 is 1.10 bits per heavy atom. The number of hydrogen-bond acceptors (Lipinski definition) is 2. The van der Waals surface area contributed by atoms with E-state index in [4.69, 9.17) is 0 Å².